The zero-order valence-electron chi connectivity index (χ0n) is 23.8. The van der Waals surface area contributed by atoms with Crippen molar-refractivity contribution >= 4 is 23.4 Å². The number of fused-ring (bicyclic) bond motifs is 1. The Morgan fingerprint density at radius 3 is 2.48 bits per heavy atom. The normalized spacial score (nSPS) is 15.0. The molecule has 9 nitrogen and oxygen atoms in total. The summed E-state index contributed by atoms with van der Waals surface area (Å²) in [5, 5.41) is 0. The van der Waals surface area contributed by atoms with Gasteiger partial charge in [-0.05, 0) is 64.5 Å². The number of hydrogen-bond donors (Lipinski definition) is 0. The molecule has 1 aliphatic heterocycles. The second kappa shape index (κ2) is 12.4. The molecule has 2 heterocycles. The third-order valence-electron chi connectivity index (χ3n) is 6.18. The molecule has 0 amide bonds. The number of ether oxygens (including phenoxy) is 5. The predicted octanol–water partition coefficient (Wildman–Crippen LogP) is 4.00. The number of thiazole rings is 1. The van der Waals surface area contributed by atoms with Crippen molar-refractivity contribution < 1.29 is 28.5 Å². The van der Waals surface area contributed by atoms with Crippen molar-refractivity contribution in [2.24, 2.45) is 4.99 Å². The van der Waals surface area contributed by atoms with E-state index in [0.29, 0.717) is 50.2 Å². The van der Waals surface area contributed by atoms with Crippen LogP contribution in [0.2, 0.25) is 0 Å². The highest BCUT2D eigenvalue weighted by atomic mass is 32.1. The van der Waals surface area contributed by atoms with E-state index < -0.39 is 12.0 Å². The van der Waals surface area contributed by atoms with Crippen LogP contribution in [0.1, 0.15) is 51.8 Å². The van der Waals surface area contributed by atoms with E-state index in [1.165, 1.54) is 15.9 Å². The maximum absolute atomic E-state index is 14.0. The van der Waals surface area contributed by atoms with Crippen molar-refractivity contribution in [2.75, 3.05) is 27.4 Å². The van der Waals surface area contributed by atoms with Gasteiger partial charge in [0.15, 0.2) is 27.8 Å². The lowest BCUT2D eigenvalue weighted by atomic mass is 9.94. The van der Waals surface area contributed by atoms with E-state index in [1.54, 1.807) is 46.3 Å². The maximum atomic E-state index is 14.0. The van der Waals surface area contributed by atoms with Crippen LogP contribution in [0.25, 0.3) is 6.08 Å². The fraction of sp³-hybridized carbons (Fsp3) is 0.367. The summed E-state index contributed by atoms with van der Waals surface area (Å²) in [5.41, 5.74) is 1.80. The van der Waals surface area contributed by atoms with Crippen molar-refractivity contribution in [3.63, 3.8) is 0 Å². The number of nitrogens with zero attached hydrogens (tertiary/aromatic N) is 2. The molecular formula is C30H34N2O7S. The van der Waals surface area contributed by atoms with Gasteiger partial charge in [-0.2, -0.15) is 0 Å². The molecular weight excluding hydrogens is 532 g/mol. The highest BCUT2D eigenvalue weighted by molar-refractivity contribution is 7.07. The molecule has 1 aromatic heterocycles. The second-order valence-electron chi connectivity index (χ2n) is 9.19. The molecule has 0 saturated heterocycles. The topological polar surface area (TPSA) is 97.6 Å². The zero-order valence-corrected chi connectivity index (χ0v) is 24.6. The molecule has 0 N–H and O–H groups in total. The minimum Gasteiger partial charge on any atom is -0.493 e. The van der Waals surface area contributed by atoms with Crippen LogP contribution in [0.4, 0.5) is 0 Å². The third-order valence-corrected chi connectivity index (χ3v) is 7.16. The summed E-state index contributed by atoms with van der Waals surface area (Å²) < 4.78 is 30.3. The lowest BCUT2D eigenvalue weighted by Gasteiger charge is -2.26. The maximum Gasteiger partial charge on any atom is 0.338 e. The summed E-state index contributed by atoms with van der Waals surface area (Å²) >= 11 is 1.24. The lowest BCUT2D eigenvalue weighted by molar-refractivity contribution is -0.139. The molecule has 1 aliphatic rings. The third kappa shape index (κ3) is 5.62. The Labute approximate surface area is 236 Å². The Hall–Kier alpha value is -4.05. The Kier molecular flexibility index (Phi) is 8.99. The van der Waals surface area contributed by atoms with Crippen molar-refractivity contribution in [3.8, 4) is 23.0 Å². The highest BCUT2D eigenvalue weighted by Crippen LogP contribution is 2.40. The molecule has 4 rings (SSSR count). The van der Waals surface area contributed by atoms with Gasteiger partial charge in [-0.25, -0.2) is 9.79 Å². The number of carbonyl (C=O) groups is 1. The second-order valence-corrected chi connectivity index (χ2v) is 10.2. The number of aromatic nitrogens is 1. The van der Waals surface area contributed by atoms with Gasteiger partial charge in [0.25, 0.3) is 5.56 Å². The van der Waals surface area contributed by atoms with E-state index >= 15 is 0 Å². The lowest BCUT2D eigenvalue weighted by Crippen LogP contribution is -2.40. The molecule has 40 heavy (non-hydrogen) atoms. The van der Waals surface area contributed by atoms with Crippen LogP contribution in [-0.4, -0.2) is 44.1 Å². The Bertz CT molecular complexity index is 1620. The fourth-order valence-corrected chi connectivity index (χ4v) is 5.62. The van der Waals surface area contributed by atoms with E-state index in [9.17, 15) is 9.59 Å². The van der Waals surface area contributed by atoms with Crippen LogP contribution in [0, 0.1) is 0 Å². The number of carbonyl (C=O) groups excluding carboxylic acids is 1. The molecule has 0 radical (unpaired) electrons. The van der Waals surface area contributed by atoms with Gasteiger partial charge in [0, 0.05) is 5.56 Å². The molecule has 0 spiro atoms. The number of allylic oxidation sites excluding steroid dienone is 1. The van der Waals surface area contributed by atoms with Gasteiger partial charge in [-0.1, -0.05) is 29.5 Å². The number of benzene rings is 2. The van der Waals surface area contributed by atoms with E-state index in [-0.39, 0.29) is 23.8 Å². The summed E-state index contributed by atoms with van der Waals surface area (Å²) in [6.45, 7) is 9.77. The van der Waals surface area contributed by atoms with Gasteiger partial charge in [-0.15, -0.1) is 0 Å². The average Bonchev–Trinajstić information content (AvgIpc) is 3.22. The van der Waals surface area contributed by atoms with E-state index in [0.717, 1.165) is 5.56 Å². The Morgan fingerprint density at radius 1 is 1.07 bits per heavy atom. The molecule has 0 saturated carbocycles. The van der Waals surface area contributed by atoms with Crippen LogP contribution >= 0.6 is 11.3 Å². The van der Waals surface area contributed by atoms with Crippen LogP contribution in [0.3, 0.4) is 0 Å². The molecule has 0 bridgehead atoms. The van der Waals surface area contributed by atoms with Crippen LogP contribution < -0.4 is 33.8 Å². The van der Waals surface area contributed by atoms with Gasteiger partial charge >= 0.3 is 5.97 Å². The Balaban J connectivity index is 1.95. The minimum atomic E-state index is -0.828. The first-order chi connectivity index (χ1) is 19.2. The number of esters is 1. The van der Waals surface area contributed by atoms with Crippen LogP contribution in [0.5, 0.6) is 23.0 Å². The highest BCUT2D eigenvalue weighted by Gasteiger charge is 2.36. The molecule has 212 valence electrons. The largest absolute Gasteiger partial charge is 0.493 e. The van der Waals surface area contributed by atoms with Gasteiger partial charge < -0.3 is 23.7 Å². The number of rotatable bonds is 10. The fourth-order valence-electron chi connectivity index (χ4n) is 4.57. The zero-order chi connectivity index (χ0) is 29.0. The Morgan fingerprint density at radius 2 is 1.82 bits per heavy atom. The van der Waals surface area contributed by atoms with Crippen molar-refractivity contribution in [2.45, 2.75) is 46.8 Å². The SMILES string of the molecule is CCOC(=O)C1=C(C)N=c2s/c(=C/c3ccc(OC(C)C)c(OC)c3)c(=O)n2[C@@H]1c1cccc(OC)c1OCC. The van der Waals surface area contributed by atoms with Crippen LogP contribution in [-0.2, 0) is 9.53 Å². The quantitative estimate of drug-likeness (QED) is 0.342. The van der Waals surface area contributed by atoms with Crippen molar-refractivity contribution in [3.05, 3.63) is 78.5 Å². The van der Waals surface area contributed by atoms with Gasteiger partial charge in [0.05, 0.1) is 49.3 Å². The average molecular weight is 567 g/mol. The summed E-state index contributed by atoms with van der Waals surface area (Å²) in [6, 6.07) is 10.1. The molecule has 3 aromatic rings. The number of para-hydroxylation sites is 1. The summed E-state index contributed by atoms with van der Waals surface area (Å²) in [4.78, 5) is 32.4. The van der Waals surface area contributed by atoms with E-state index in [2.05, 4.69) is 4.99 Å². The summed E-state index contributed by atoms with van der Waals surface area (Å²) in [7, 11) is 3.12. The number of methoxy groups -OCH3 is 2. The number of hydrogen-bond acceptors (Lipinski definition) is 9. The molecule has 2 aromatic carbocycles. The van der Waals surface area contributed by atoms with Crippen molar-refractivity contribution in [1.82, 2.24) is 4.57 Å². The predicted molar refractivity (Wildman–Crippen MR) is 153 cm³/mol. The summed E-state index contributed by atoms with van der Waals surface area (Å²) in [6.07, 6.45) is 1.76. The van der Waals surface area contributed by atoms with E-state index in [1.807, 2.05) is 45.0 Å². The van der Waals surface area contributed by atoms with Gasteiger partial charge in [0.1, 0.15) is 6.04 Å². The molecule has 1 atom stereocenters. The molecule has 0 unspecified atom stereocenters. The first-order valence-corrected chi connectivity index (χ1v) is 13.9. The van der Waals surface area contributed by atoms with Gasteiger partial charge in [-0.3, -0.25) is 9.36 Å². The monoisotopic (exact) mass is 566 g/mol. The molecule has 0 aliphatic carbocycles. The minimum absolute atomic E-state index is 0.0153. The summed E-state index contributed by atoms with van der Waals surface area (Å²) in [5.74, 6) is 1.58. The van der Waals surface area contributed by atoms with E-state index in [4.69, 9.17) is 23.7 Å². The van der Waals surface area contributed by atoms with Gasteiger partial charge in [0.2, 0.25) is 0 Å². The molecule has 10 heteroatoms. The first kappa shape index (κ1) is 28.9. The standard InChI is InChI=1S/C30H34N2O7S/c1-8-37-27-20(11-10-12-22(27)35-6)26-25(29(34)38-9-2)18(5)31-30-32(26)28(33)24(40-30)16-19-13-14-21(39-17(3)4)23(15-19)36-7/h10-17,26H,8-9H2,1-7H3/b24-16+/t26-/m1/s1. The van der Waals surface area contributed by atoms with Crippen LogP contribution in [0.15, 0.2) is 57.5 Å². The smallest absolute Gasteiger partial charge is 0.338 e. The van der Waals surface area contributed by atoms with Crippen molar-refractivity contribution in [1.29, 1.82) is 0 Å². The first-order valence-electron chi connectivity index (χ1n) is 13.1. The molecule has 0 fully saturated rings.